The first-order valence-electron chi connectivity index (χ1n) is 9.22. The van der Waals surface area contributed by atoms with Crippen LogP contribution in [0.5, 0.6) is 5.75 Å². The molecule has 1 fully saturated rings. The standard InChI is InChI=1S/C20H18F3N3O5/c1-3-30-18(28)16-10-24-9-8-13(16)11-25-12(2)17(27)26(19(25)29)14-4-6-15(7-5-14)31-20(21,22)23/h4-10,12H,3,11H2,1-2H3. The smallest absolute Gasteiger partial charge is 0.462 e. The topological polar surface area (TPSA) is 89.0 Å². The number of amides is 3. The highest BCUT2D eigenvalue weighted by Crippen LogP contribution is 2.30. The summed E-state index contributed by atoms with van der Waals surface area (Å²) in [6.07, 6.45) is -2.09. The summed E-state index contributed by atoms with van der Waals surface area (Å²) in [5.41, 5.74) is 0.709. The van der Waals surface area contributed by atoms with E-state index in [2.05, 4.69) is 9.72 Å². The van der Waals surface area contributed by atoms with Crippen molar-refractivity contribution in [2.75, 3.05) is 11.5 Å². The summed E-state index contributed by atoms with van der Waals surface area (Å²) in [5.74, 6) is -1.63. The van der Waals surface area contributed by atoms with Crippen LogP contribution in [0, 0.1) is 0 Å². The molecular weight excluding hydrogens is 419 g/mol. The number of imide groups is 1. The van der Waals surface area contributed by atoms with Gasteiger partial charge in [0.05, 0.1) is 17.9 Å². The number of halogens is 3. The average molecular weight is 437 g/mol. The highest BCUT2D eigenvalue weighted by molar-refractivity contribution is 6.21. The van der Waals surface area contributed by atoms with Gasteiger partial charge in [0, 0.05) is 18.9 Å². The molecule has 1 aliphatic heterocycles. The lowest BCUT2D eigenvalue weighted by molar-refractivity contribution is -0.274. The molecule has 164 valence electrons. The Balaban J connectivity index is 1.83. The third kappa shape index (κ3) is 4.76. The van der Waals surface area contributed by atoms with E-state index < -0.39 is 36.1 Å². The number of rotatable bonds is 6. The molecule has 0 N–H and O–H groups in total. The van der Waals surface area contributed by atoms with Gasteiger partial charge in [-0.1, -0.05) is 0 Å². The molecule has 1 unspecified atom stereocenters. The lowest BCUT2D eigenvalue weighted by Gasteiger charge is -2.20. The zero-order chi connectivity index (χ0) is 22.8. The van der Waals surface area contributed by atoms with E-state index in [4.69, 9.17) is 4.74 Å². The number of alkyl halides is 3. The lowest BCUT2D eigenvalue weighted by atomic mass is 10.1. The van der Waals surface area contributed by atoms with Crippen molar-refractivity contribution < 1.29 is 37.0 Å². The van der Waals surface area contributed by atoms with E-state index in [9.17, 15) is 27.6 Å². The fourth-order valence-electron chi connectivity index (χ4n) is 3.08. The van der Waals surface area contributed by atoms with Crippen LogP contribution in [0.4, 0.5) is 23.7 Å². The van der Waals surface area contributed by atoms with Gasteiger partial charge in [-0.2, -0.15) is 0 Å². The molecule has 0 bridgehead atoms. The van der Waals surface area contributed by atoms with Crippen molar-refractivity contribution in [1.29, 1.82) is 0 Å². The van der Waals surface area contributed by atoms with Crippen LogP contribution in [-0.2, 0) is 16.1 Å². The van der Waals surface area contributed by atoms with Crippen molar-refractivity contribution >= 4 is 23.6 Å². The third-order valence-corrected chi connectivity index (χ3v) is 4.56. The van der Waals surface area contributed by atoms with E-state index in [1.807, 2.05) is 0 Å². The van der Waals surface area contributed by atoms with Gasteiger partial charge in [0.1, 0.15) is 11.8 Å². The Hall–Kier alpha value is -3.63. The summed E-state index contributed by atoms with van der Waals surface area (Å²) in [7, 11) is 0. The van der Waals surface area contributed by atoms with Gasteiger partial charge in [0.25, 0.3) is 5.91 Å². The SMILES string of the molecule is CCOC(=O)c1cnccc1CN1C(=O)N(c2ccc(OC(F)(F)F)cc2)C(=O)C1C. The largest absolute Gasteiger partial charge is 0.573 e. The van der Waals surface area contributed by atoms with Crippen molar-refractivity contribution in [2.24, 2.45) is 0 Å². The number of carbonyl (C=O) groups excluding carboxylic acids is 3. The molecule has 0 saturated carbocycles. The number of hydrogen-bond acceptors (Lipinski definition) is 6. The third-order valence-electron chi connectivity index (χ3n) is 4.56. The van der Waals surface area contributed by atoms with Crippen LogP contribution >= 0.6 is 0 Å². The number of ether oxygens (including phenoxy) is 2. The van der Waals surface area contributed by atoms with E-state index in [0.717, 1.165) is 17.0 Å². The number of hydrogen-bond donors (Lipinski definition) is 0. The second-order valence-electron chi connectivity index (χ2n) is 6.56. The zero-order valence-corrected chi connectivity index (χ0v) is 16.5. The van der Waals surface area contributed by atoms with E-state index in [1.54, 1.807) is 13.0 Å². The lowest BCUT2D eigenvalue weighted by Crippen LogP contribution is -2.34. The van der Waals surface area contributed by atoms with Crippen molar-refractivity contribution in [1.82, 2.24) is 9.88 Å². The molecule has 0 aliphatic carbocycles. The Kier molecular flexibility index (Phi) is 6.14. The highest BCUT2D eigenvalue weighted by atomic mass is 19.4. The van der Waals surface area contributed by atoms with E-state index in [1.165, 1.54) is 36.4 Å². The second-order valence-corrected chi connectivity index (χ2v) is 6.56. The highest BCUT2D eigenvalue weighted by Gasteiger charge is 2.43. The molecular formula is C20H18F3N3O5. The Labute approximate surface area is 175 Å². The quantitative estimate of drug-likeness (QED) is 0.508. The van der Waals surface area contributed by atoms with Crippen molar-refractivity contribution in [3.05, 3.63) is 53.9 Å². The van der Waals surface area contributed by atoms with Gasteiger partial charge >= 0.3 is 18.4 Å². The first kappa shape index (κ1) is 22.1. The summed E-state index contributed by atoms with van der Waals surface area (Å²) >= 11 is 0. The van der Waals surface area contributed by atoms with Crippen LogP contribution in [0.1, 0.15) is 29.8 Å². The summed E-state index contributed by atoms with van der Waals surface area (Å²) < 4.78 is 45.8. The number of pyridine rings is 1. The number of aromatic nitrogens is 1. The summed E-state index contributed by atoms with van der Waals surface area (Å²) in [5, 5.41) is 0. The molecule has 3 rings (SSSR count). The minimum Gasteiger partial charge on any atom is -0.462 e. The van der Waals surface area contributed by atoms with Gasteiger partial charge < -0.3 is 14.4 Å². The van der Waals surface area contributed by atoms with E-state index in [-0.39, 0.29) is 24.4 Å². The fraction of sp³-hybridized carbons (Fsp3) is 0.300. The van der Waals surface area contributed by atoms with Crippen LogP contribution in [0.2, 0.25) is 0 Å². The number of anilines is 1. The molecule has 3 amide bonds. The van der Waals surface area contributed by atoms with Gasteiger partial charge in [-0.05, 0) is 49.7 Å². The number of carbonyl (C=O) groups is 3. The predicted octanol–water partition coefficient (Wildman–Crippen LogP) is 3.51. The van der Waals surface area contributed by atoms with Gasteiger partial charge in [-0.25, -0.2) is 14.5 Å². The normalized spacial score (nSPS) is 16.6. The molecule has 1 aromatic heterocycles. The number of benzene rings is 1. The molecule has 11 heteroatoms. The predicted molar refractivity (Wildman–Crippen MR) is 101 cm³/mol. The Morgan fingerprint density at radius 2 is 1.84 bits per heavy atom. The monoisotopic (exact) mass is 437 g/mol. The van der Waals surface area contributed by atoms with Crippen molar-refractivity contribution in [2.45, 2.75) is 32.8 Å². The van der Waals surface area contributed by atoms with Crippen LogP contribution < -0.4 is 9.64 Å². The number of urea groups is 1. The Bertz CT molecular complexity index is 994. The fourth-order valence-corrected chi connectivity index (χ4v) is 3.08. The molecule has 0 radical (unpaired) electrons. The molecule has 8 nitrogen and oxygen atoms in total. The molecule has 2 heterocycles. The van der Waals surface area contributed by atoms with Gasteiger partial charge in [-0.15, -0.1) is 13.2 Å². The molecule has 1 atom stereocenters. The van der Waals surface area contributed by atoms with Crippen LogP contribution in [0.3, 0.4) is 0 Å². The van der Waals surface area contributed by atoms with Crippen LogP contribution in [-0.4, -0.2) is 46.8 Å². The van der Waals surface area contributed by atoms with Gasteiger partial charge in [0.15, 0.2) is 0 Å². The van der Waals surface area contributed by atoms with Crippen LogP contribution in [0.25, 0.3) is 0 Å². The zero-order valence-electron chi connectivity index (χ0n) is 16.5. The average Bonchev–Trinajstić information content (AvgIpc) is 2.91. The number of esters is 1. The molecule has 1 aromatic carbocycles. The maximum absolute atomic E-state index is 12.9. The van der Waals surface area contributed by atoms with Crippen molar-refractivity contribution in [3.8, 4) is 5.75 Å². The van der Waals surface area contributed by atoms with Crippen LogP contribution in [0.15, 0.2) is 42.7 Å². The minimum absolute atomic E-state index is 0.0613. The Morgan fingerprint density at radius 1 is 1.16 bits per heavy atom. The maximum Gasteiger partial charge on any atom is 0.573 e. The van der Waals surface area contributed by atoms with Gasteiger partial charge in [0.2, 0.25) is 0 Å². The second kappa shape index (κ2) is 8.62. The Morgan fingerprint density at radius 3 is 2.45 bits per heavy atom. The summed E-state index contributed by atoms with van der Waals surface area (Å²) in [6.45, 7) is 3.27. The van der Waals surface area contributed by atoms with Gasteiger partial charge in [-0.3, -0.25) is 9.78 Å². The molecule has 1 aliphatic rings. The molecule has 2 aromatic rings. The maximum atomic E-state index is 12.9. The number of nitrogens with zero attached hydrogens (tertiary/aromatic N) is 3. The first-order chi connectivity index (χ1) is 14.6. The molecule has 31 heavy (non-hydrogen) atoms. The minimum atomic E-state index is -4.85. The van der Waals surface area contributed by atoms with Crippen molar-refractivity contribution in [3.63, 3.8) is 0 Å². The summed E-state index contributed by atoms with van der Waals surface area (Å²) in [6, 6.07) is 4.41. The first-order valence-corrected chi connectivity index (χ1v) is 9.22. The summed E-state index contributed by atoms with van der Waals surface area (Å²) in [4.78, 5) is 43.8. The van der Waals surface area contributed by atoms with E-state index >= 15 is 0 Å². The molecule has 0 spiro atoms. The van der Waals surface area contributed by atoms with E-state index in [0.29, 0.717) is 5.56 Å². The molecule has 1 saturated heterocycles.